The number of benzene rings is 2. The first-order chi connectivity index (χ1) is 15.7. The maximum Gasteiger partial charge on any atom is 0.243 e. The Morgan fingerprint density at radius 2 is 1.78 bits per heavy atom. The normalized spacial score (nSPS) is 14.6. The molecule has 7 nitrogen and oxygen atoms in total. The van der Waals surface area contributed by atoms with Gasteiger partial charge in [-0.2, -0.15) is 5.26 Å². The SMILES string of the molecule is COc1ccc(CCNC(=O)[C@H](C#N)c2nc3ccccc3nc2N2CCCCC2)cc1. The molecule has 2 aromatic carbocycles. The fourth-order valence-electron chi connectivity index (χ4n) is 4.00. The average molecular weight is 430 g/mol. The molecule has 0 saturated carbocycles. The number of piperidine rings is 1. The average Bonchev–Trinajstić information content (AvgIpc) is 2.85. The Hall–Kier alpha value is -3.66. The number of aromatic nitrogens is 2. The maximum absolute atomic E-state index is 13.0. The first-order valence-corrected chi connectivity index (χ1v) is 11.0. The zero-order chi connectivity index (χ0) is 22.3. The van der Waals surface area contributed by atoms with Gasteiger partial charge in [-0.15, -0.1) is 0 Å². The third-order valence-electron chi connectivity index (χ3n) is 5.77. The van der Waals surface area contributed by atoms with Crippen LogP contribution in [0, 0.1) is 11.3 Å². The van der Waals surface area contributed by atoms with E-state index in [0.29, 0.717) is 30.0 Å². The minimum Gasteiger partial charge on any atom is -0.497 e. The van der Waals surface area contributed by atoms with Gasteiger partial charge < -0.3 is 15.0 Å². The number of nitriles is 1. The highest BCUT2D eigenvalue weighted by Gasteiger charge is 2.29. The smallest absolute Gasteiger partial charge is 0.243 e. The van der Waals surface area contributed by atoms with Gasteiger partial charge >= 0.3 is 0 Å². The molecule has 1 amide bonds. The van der Waals surface area contributed by atoms with Gasteiger partial charge in [-0.25, -0.2) is 9.97 Å². The van der Waals surface area contributed by atoms with E-state index >= 15 is 0 Å². The number of rotatable bonds is 7. The zero-order valence-electron chi connectivity index (χ0n) is 18.3. The quantitative estimate of drug-likeness (QED) is 0.617. The van der Waals surface area contributed by atoms with E-state index in [-0.39, 0.29) is 5.91 Å². The summed E-state index contributed by atoms with van der Waals surface area (Å²) < 4.78 is 5.18. The molecule has 1 aliphatic heterocycles. The van der Waals surface area contributed by atoms with Gasteiger partial charge in [0, 0.05) is 19.6 Å². The van der Waals surface area contributed by atoms with Crippen molar-refractivity contribution in [2.45, 2.75) is 31.6 Å². The Morgan fingerprint density at radius 3 is 2.44 bits per heavy atom. The number of amides is 1. The third-order valence-corrected chi connectivity index (χ3v) is 5.77. The standard InChI is InChI=1S/C25H27N5O2/c1-32-19-11-9-18(10-12-19)13-14-27-25(31)20(17-26)23-24(30-15-5-2-6-16-30)29-22-8-4-3-7-21(22)28-23/h3-4,7-12,20H,2,5-6,13-16H2,1H3,(H,27,31)/t20-/m1/s1. The number of nitrogens with one attached hydrogen (secondary N) is 1. The van der Waals surface area contributed by atoms with Crippen LogP contribution in [0.5, 0.6) is 5.75 Å². The van der Waals surface area contributed by atoms with Crippen LogP contribution >= 0.6 is 0 Å². The number of carbonyl (C=O) groups excluding carboxylic acids is 1. The number of carbonyl (C=O) groups is 1. The van der Waals surface area contributed by atoms with E-state index in [4.69, 9.17) is 14.7 Å². The van der Waals surface area contributed by atoms with Crippen molar-refractivity contribution in [3.05, 3.63) is 59.8 Å². The van der Waals surface area contributed by atoms with Crippen LogP contribution in [0.25, 0.3) is 11.0 Å². The van der Waals surface area contributed by atoms with Crippen LogP contribution < -0.4 is 15.0 Å². The second-order valence-corrected chi connectivity index (χ2v) is 7.92. The van der Waals surface area contributed by atoms with Crippen molar-refractivity contribution < 1.29 is 9.53 Å². The molecule has 3 aromatic rings. The van der Waals surface area contributed by atoms with Crippen molar-refractivity contribution in [1.29, 1.82) is 5.26 Å². The Kier molecular flexibility index (Phi) is 6.81. The first kappa shape index (κ1) is 21.6. The first-order valence-electron chi connectivity index (χ1n) is 11.0. The number of ether oxygens (including phenoxy) is 1. The van der Waals surface area contributed by atoms with Crippen molar-refractivity contribution in [1.82, 2.24) is 15.3 Å². The second-order valence-electron chi connectivity index (χ2n) is 7.92. The highest BCUT2D eigenvalue weighted by atomic mass is 16.5. The predicted molar refractivity (Wildman–Crippen MR) is 124 cm³/mol. The van der Waals surface area contributed by atoms with Gasteiger partial charge in [0.15, 0.2) is 11.7 Å². The minimum absolute atomic E-state index is 0.344. The fraction of sp³-hybridized carbons (Fsp3) is 0.360. The maximum atomic E-state index is 13.0. The molecular weight excluding hydrogens is 402 g/mol. The third kappa shape index (κ3) is 4.80. The van der Waals surface area contributed by atoms with Gasteiger partial charge in [0.1, 0.15) is 11.4 Å². The lowest BCUT2D eigenvalue weighted by molar-refractivity contribution is -0.121. The fourth-order valence-corrected chi connectivity index (χ4v) is 4.00. The molecule has 4 rings (SSSR count). The second kappa shape index (κ2) is 10.1. The van der Waals surface area contributed by atoms with Gasteiger partial charge in [-0.3, -0.25) is 4.79 Å². The highest BCUT2D eigenvalue weighted by molar-refractivity contribution is 5.88. The summed E-state index contributed by atoms with van der Waals surface area (Å²) in [6.45, 7) is 2.15. The number of hydrogen-bond donors (Lipinski definition) is 1. The molecule has 32 heavy (non-hydrogen) atoms. The largest absolute Gasteiger partial charge is 0.497 e. The van der Waals surface area contributed by atoms with Crippen molar-refractivity contribution in [3.63, 3.8) is 0 Å². The Morgan fingerprint density at radius 1 is 1.09 bits per heavy atom. The van der Waals surface area contributed by atoms with Crippen molar-refractivity contribution >= 4 is 22.8 Å². The number of anilines is 1. The summed E-state index contributed by atoms with van der Waals surface area (Å²) >= 11 is 0. The molecule has 7 heteroatoms. The summed E-state index contributed by atoms with van der Waals surface area (Å²) in [5, 5.41) is 12.8. The Balaban J connectivity index is 1.54. The molecule has 0 bridgehead atoms. The van der Waals surface area contributed by atoms with E-state index in [1.54, 1.807) is 7.11 Å². The van der Waals surface area contributed by atoms with E-state index in [1.165, 1.54) is 6.42 Å². The molecule has 1 aliphatic rings. The molecular formula is C25H27N5O2. The molecule has 0 spiro atoms. The van der Waals surface area contributed by atoms with E-state index in [9.17, 15) is 10.1 Å². The lowest BCUT2D eigenvalue weighted by atomic mass is 10.0. The number of para-hydroxylation sites is 2. The molecule has 0 aliphatic carbocycles. The molecule has 1 aromatic heterocycles. The van der Waals surface area contributed by atoms with Crippen LogP contribution in [0.4, 0.5) is 5.82 Å². The molecule has 1 atom stereocenters. The van der Waals surface area contributed by atoms with Crippen molar-refractivity contribution in [2.24, 2.45) is 0 Å². The van der Waals surface area contributed by atoms with Gasteiger partial charge in [-0.1, -0.05) is 24.3 Å². The number of nitrogens with zero attached hydrogens (tertiary/aromatic N) is 4. The summed E-state index contributed by atoms with van der Waals surface area (Å²) in [6.07, 6.45) is 3.98. The summed E-state index contributed by atoms with van der Waals surface area (Å²) in [5.74, 6) is 0.0893. The number of methoxy groups -OCH3 is 1. The predicted octanol–water partition coefficient (Wildman–Crippen LogP) is 3.59. The van der Waals surface area contributed by atoms with E-state index < -0.39 is 5.92 Å². The van der Waals surface area contributed by atoms with E-state index in [2.05, 4.69) is 16.3 Å². The van der Waals surface area contributed by atoms with Gasteiger partial charge in [0.05, 0.1) is 24.2 Å². The summed E-state index contributed by atoms with van der Waals surface area (Å²) in [5.41, 5.74) is 2.98. The van der Waals surface area contributed by atoms with Gasteiger partial charge in [0.25, 0.3) is 0 Å². The summed E-state index contributed by atoms with van der Waals surface area (Å²) in [4.78, 5) is 24.7. The van der Waals surface area contributed by atoms with Crippen LogP contribution in [0.3, 0.4) is 0 Å². The molecule has 164 valence electrons. The van der Waals surface area contributed by atoms with Gasteiger partial charge in [-0.05, 0) is 55.5 Å². The molecule has 0 radical (unpaired) electrons. The van der Waals surface area contributed by atoms with Crippen LogP contribution in [0.15, 0.2) is 48.5 Å². The van der Waals surface area contributed by atoms with E-state index in [1.807, 2.05) is 48.5 Å². The van der Waals surface area contributed by atoms with Crippen LogP contribution in [-0.4, -0.2) is 42.6 Å². The molecule has 0 unspecified atom stereocenters. The van der Waals surface area contributed by atoms with Crippen LogP contribution in [-0.2, 0) is 11.2 Å². The topological polar surface area (TPSA) is 91.1 Å². The molecule has 2 heterocycles. The molecule has 1 saturated heterocycles. The Bertz CT molecular complexity index is 1120. The monoisotopic (exact) mass is 429 g/mol. The van der Waals surface area contributed by atoms with Crippen LogP contribution in [0.2, 0.25) is 0 Å². The molecule has 1 fully saturated rings. The summed E-state index contributed by atoms with van der Waals surface area (Å²) in [7, 11) is 1.63. The zero-order valence-corrected chi connectivity index (χ0v) is 18.3. The van der Waals surface area contributed by atoms with Crippen LogP contribution in [0.1, 0.15) is 36.4 Å². The number of hydrogen-bond acceptors (Lipinski definition) is 6. The Labute approximate surface area is 188 Å². The van der Waals surface area contributed by atoms with Crippen molar-refractivity contribution in [3.8, 4) is 11.8 Å². The van der Waals surface area contributed by atoms with Crippen molar-refractivity contribution in [2.75, 3.05) is 31.6 Å². The number of fused-ring (bicyclic) bond motifs is 1. The summed E-state index contributed by atoms with van der Waals surface area (Å²) in [6, 6.07) is 17.5. The molecule has 1 N–H and O–H groups in total. The lowest BCUT2D eigenvalue weighted by Gasteiger charge is -2.29. The van der Waals surface area contributed by atoms with E-state index in [0.717, 1.165) is 42.8 Å². The highest BCUT2D eigenvalue weighted by Crippen LogP contribution is 2.29. The van der Waals surface area contributed by atoms with Gasteiger partial charge in [0.2, 0.25) is 5.91 Å². The lowest BCUT2D eigenvalue weighted by Crippen LogP contribution is -2.35. The minimum atomic E-state index is -1.01.